The summed E-state index contributed by atoms with van der Waals surface area (Å²) in [4.78, 5) is 16.0. The predicted molar refractivity (Wildman–Crippen MR) is 43.1 cm³/mol. The number of amides is 1. The summed E-state index contributed by atoms with van der Waals surface area (Å²) in [5.74, 6) is 0. The molecule has 1 amide bonds. The number of nitrogens with one attached hydrogen (secondary N) is 1. The summed E-state index contributed by atoms with van der Waals surface area (Å²) in [5.41, 5.74) is 0.951. The van der Waals surface area contributed by atoms with Crippen molar-refractivity contribution in [3.05, 3.63) is 11.8 Å². The Morgan fingerprint density at radius 2 is 2.67 bits per heavy atom. The molecule has 0 radical (unpaired) electrons. The zero-order valence-electron chi connectivity index (χ0n) is 6.40. The maximum absolute atomic E-state index is 10.7. The van der Waals surface area contributed by atoms with E-state index in [0.717, 1.165) is 5.70 Å². The van der Waals surface area contributed by atoms with Crippen molar-refractivity contribution in [3.63, 3.8) is 0 Å². The number of hydrogen-bond donors (Lipinski definition) is 2. The highest BCUT2D eigenvalue weighted by molar-refractivity contribution is 5.75. The Morgan fingerprint density at radius 3 is 3.42 bits per heavy atom. The van der Waals surface area contributed by atoms with Crippen LogP contribution in [0.4, 0.5) is 4.79 Å². The number of dihydropyridines is 1. The summed E-state index contributed by atoms with van der Waals surface area (Å²) in [6.45, 7) is 0.903. The summed E-state index contributed by atoms with van der Waals surface area (Å²) < 4.78 is 0. The first-order valence-electron chi connectivity index (χ1n) is 3.72. The highest BCUT2D eigenvalue weighted by Crippen LogP contribution is 2.17. The molecule has 2 aliphatic rings. The highest BCUT2D eigenvalue weighted by Gasteiger charge is 2.32. The number of rotatable bonds is 0. The maximum Gasteiger partial charge on any atom is 0.409 e. The van der Waals surface area contributed by atoms with Crippen LogP contribution in [0.1, 0.15) is 0 Å². The smallest absolute Gasteiger partial charge is 0.409 e. The molecule has 64 valence electrons. The third-order valence-electron chi connectivity index (χ3n) is 2.07. The number of nitrogens with zero attached hydrogens (tertiary/aromatic N) is 2. The van der Waals surface area contributed by atoms with Gasteiger partial charge >= 0.3 is 6.09 Å². The Bertz CT molecular complexity index is 272. The molecule has 2 aliphatic heterocycles. The van der Waals surface area contributed by atoms with Crippen molar-refractivity contribution in [1.29, 1.82) is 0 Å². The quantitative estimate of drug-likeness (QED) is 0.528. The van der Waals surface area contributed by atoms with Gasteiger partial charge in [-0.05, 0) is 6.08 Å². The van der Waals surface area contributed by atoms with Gasteiger partial charge in [-0.15, -0.1) is 0 Å². The van der Waals surface area contributed by atoms with E-state index in [4.69, 9.17) is 5.11 Å². The minimum absolute atomic E-state index is 0.0903. The van der Waals surface area contributed by atoms with Gasteiger partial charge in [-0.1, -0.05) is 0 Å². The van der Waals surface area contributed by atoms with Crippen LogP contribution in [0.5, 0.6) is 0 Å². The second-order valence-electron chi connectivity index (χ2n) is 2.74. The molecule has 1 fully saturated rings. The van der Waals surface area contributed by atoms with Crippen molar-refractivity contribution < 1.29 is 9.90 Å². The van der Waals surface area contributed by atoms with Crippen LogP contribution in [0.3, 0.4) is 0 Å². The van der Waals surface area contributed by atoms with Crippen LogP contribution in [0, 0.1) is 0 Å². The molecule has 0 spiro atoms. The summed E-state index contributed by atoms with van der Waals surface area (Å²) >= 11 is 0. The van der Waals surface area contributed by atoms with Crippen LogP contribution in [0.25, 0.3) is 0 Å². The average Bonchev–Trinajstić information content (AvgIpc) is 2.47. The molecule has 1 unspecified atom stereocenters. The SMILES string of the molecule is O=C(O)N1CNC2=CC=NCC21. The lowest BCUT2D eigenvalue weighted by Gasteiger charge is -2.19. The molecule has 5 heteroatoms. The average molecular weight is 167 g/mol. The molecule has 0 aromatic heterocycles. The second kappa shape index (κ2) is 2.51. The first-order valence-corrected chi connectivity index (χ1v) is 3.72. The maximum atomic E-state index is 10.7. The van der Waals surface area contributed by atoms with Crippen molar-refractivity contribution >= 4 is 12.3 Å². The monoisotopic (exact) mass is 167 g/mol. The first-order chi connectivity index (χ1) is 5.79. The van der Waals surface area contributed by atoms with Crippen LogP contribution >= 0.6 is 0 Å². The lowest BCUT2D eigenvalue weighted by molar-refractivity contribution is 0.143. The summed E-state index contributed by atoms with van der Waals surface area (Å²) in [7, 11) is 0. The van der Waals surface area contributed by atoms with Gasteiger partial charge in [0.05, 0.1) is 19.3 Å². The van der Waals surface area contributed by atoms with Crippen LogP contribution in [0.2, 0.25) is 0 Å². The topological polar surface area (TPSA) is 64.9 Å². The van der Waals surface area contributed by atoms with Crippen LogP contribution in [0.15, 0.2) is 16.8 Å². The molecule has 0 saturated carbocycles. The van der Waals surface area contributed by atoms with Gasteiger partial charge in [-0.2, -0.15) is 0 Å². The molecule has 2 N–H and O–H groups in total. The van der Waals surface area contributed by atoms with Crippen molar-refractivity contribution in [2.45, 2.75) is 6.04 Å². The molecule has 5 nitrogen and oxygen atoms in total. The van der Waals surface area contributed by atoms with Crippen LogP contribution < -0.4 is 5.32 Å². The lowest BCUT2D eigenvalue weighted by atomic mass is 10.2. The van der Waals surface area contributed by atoms with E-state index in [1.54, 1.807) is 6.21 Å². The number of carbonyl (C=O) groups is 1. The Hall–Kier alpha value is -1.52. The van der Waals surface area contributed by atoms with E-state index < -0.39 is 6.09 Å². The molecular weight excluding hydrogens is 158 g/mol. The Kier molecular flexibility index (Phi) is 1.49. The Balaban J connectivity index is 2.20. The fraction of sp³-hybridized carbons (Fsp3) is 0.429. The molecule has 0 aromatic rings. The van der Waals surface area contributed by atoms with E-state index in [1.807, 2.05) is 6.08 Å². The fourth-order valence-corrected chi connectivity index (χ4v) is 1.43. The molecule has 0 aliphatic carbocycles. The van der Waals surface area contributed by atoms with Gasteiger partial charge in [0, 0.05) is 11.9 Å². The number of fused-ring (bicyclic) bond motifs is 1. The number of carboxylic acid groups (broad SMARTS) is 1. The van der Waals surface area contributed by atoms with E-state index >= 15 is 0 Å². The van der Waals surface area contributed by atoms with Gasteiger partial charge in [-0.25, -0.2) is 4.79 Å². The fourth-order valence-electron chi connectivity index (χ4n) is 1.43. The number of hydrogen-bond acceptors (Lipinski definition) is 3. The van der Waals surface area contributed by atoms with Gasteiger partial charge < -0.3 is 10.4 Å². The Labute approximate surface area is 69.4 Å². The molecule has 1 saturated heterocycles. The van der Waals surface area contributed by atoms with E-state index in [-0.39, 0.29) is 6.04 Å². The van der Waals surface area contributed by atoms with Crippen LogP contribution in [-0.2, 0) is 0 Å². The van der Waals surface area contributed by atoms with Gasteiger partial charge in [0.15, 0.2) is 0 Å². The second-order valence-corrected chi connectivity index (χ2v) is 2.74. The minimum Gasteiger partial charge on any atom is -0.465 e. The summed E-state index contributed by atoms with van der Waals surface area (Å²) in [6.07, 6.45) is 2.62. The number of allylic oxidation sites excluding steroid dienone is 1. The van der Waals surface area contributed by atoms with E-state index in [0.29, 0.717) is 13.2 Å². The molecular formula is C7H9N3O2. The van der Waals surface area contributed by atoms with E-state index in [9.17, 15) is 4.79 Å². The predicted octanol–water partition coefficient (Wildman–Crippen LogP) is -0.136. The van der Waals surface area contributed by atoms with Gasteiger partial charge in [0.1, 0.15) is 0 Å². The summed E-state index contributed by atoms with van der Waals surface area (Å²) in [5, 5.41) is 11.8. The first kappa shape index (κ1) is 7.15. The van der Waals surface area contributed by atoms with Crippen molar-refractivity contribution in [2.24, 2.45) is 4.99 Å². The normalized spacial score (nSPS) is 26.2. The zero-order chi connectivity index (χ0) is 8.55. The molecule has 2 heterocycles. The molecule has 12 heavy (non-hydrogen) atoms. The lowest BCUT2D eigenvalue weighted by Crippen LogP contribution is -2.37. The third-order valence-corrected chi connectivity index (χ3v) is 2.07. The third kappa shape index (κ3) is 0.939. The number of aliphatic imine (C=N–C) groups is 1. The van der Waals surface area contributed by atoms with Gasteiger partial charge in [0.25, 0.3) is 0 Å². The summed E-state index contributed by atoms with van der Waals surface area (Å²) in [6, 6.07) is -0.0903. The van der Waals surface area contributed by atoms with Crippen molar-refractivity contribution in [1.82, 2.24) is 10.2 Å². The standard InChI is InChI=1S/C7H9N3O2/c11-7(12)10-4-9-5-1-2-8-3-6(5)10/h1-2,6,9H,3-4H2,(H,11,12). The molecule has 0 aromatic carbocycles. The zero-order valence-corrected chi connectivity index (χ0v) is 6.40. The van der Waals surface area contributed by atoms with Crippen molar-refractivity contribution in [2.75, 3.05) is 13.2 Å². The molecule has 1 atom stereocenters. The van der Waals surface area contributed by atoms with Gasteiger partial charge in [-0.3, -0.25) is 9.89 Å². The highest BCUT2D eigenvalue weighted by atomic mass is 16.4. The van der Waals surface area contributed by atoms with Gasteiger partial charge in [0.2, 0.25) is 0 Å². The van der Waals surface area contributed by atoms with Crippen molar-refractivity contribution in [3.8, 4) is 0 Å². The largest absolute Gasteiger partial charge is 0.465 e. The van der Waals surface area contributed by atoms with E-state index in [1.165, 1.54) is 4.90 Å². The van der Waals surface area contributed by atoms with Crippen LogP contribution in [-0.4, -0.2) is 41.6 Å². The molecule has 2 rings (SSSR count). The molecule has 0 bridgehead atoms. The van der Waals surface area contributed by atoms with E-state index in [2.05, 4.69) is 10.3 Å². The minimum atomic E-state index is -0.895. The Morgan fingerprint density at radius 1 is 1.83 bits per heavy atom.